The van der Waals surface area contributed by atoms with E-state index in [4.69, 9.17) is 27.8 Å². The van der Waals surface area contributed by atoms with Gasteiger partial charge in [0.05, 0.1) is 61.5 Å². The van der Waals surface area contributed by atoms with E-state index in [1.165, 1.54) is 64.8 Å². The fourth-order valence-electron chi connectivity index (χ4n) is 5.25. The van der Waals surface area contributed by atoms with Crippen molar-refractivity contribution in [3.05, 3.63) is 104 Å². The van der Waals surface area contributed by atoms with Gasteiger partial charge in [-0.15, -0.1) is 0 Å². The maximum absolute atomic E-state index is 13.1. The van der Waals surface area contributed by atoms with Gasteiger partial charge in [-0.2, -0.15) is 0 Å². The van der Waals surface area contributed by atoms with Gasteiger partial charge >= 0.3 is 11.9 Å². The molecule has 44 heavy (non-hydrogen) atoms. The average molecular weight is 593 g/mol. The predicted octanol–water partition coefficient (Wildman–Crippen LogP) is 5.98. The molecule has 0 aliphatic rings. The van der Waals surface area contributed by atoms with Crippen LogP contribution in [0.1, 0.15) is 20.7 Å². The number of carbonyl (C=O) groups excluding carboxylic acids is 2. The molecule has 0 N–H and O–H groups in total. The molecule has 10 heteroatoms. The number of hydrogen-bond donors (Lipinski definition) is 0. The smallest absolute Gasteiger partial charge is 0.337 e. The first-order valence-electron chi connectivity index (χ1n) is 13.3. The Bertz CT molecular complexity index is 2100. The number of benzene rings is 4. The molecule has 0 bridgehead atoms. The molecular weight excluding hydrogens is 568 g/mol. The fourth-order valence-corrected chi connectivity index (χ4v) is 5.25. The van der Waals surface area contributed by atoms with Crippen LogP contribution in [-0.2, 0) is 9.47 Å². The molecule has 0 saturated heterocycles. The molecule has 2 heterocycles. The Balaban J connectivity index is 1.48. The summed E-state index contributed by atoms with van der Waals surface area (Å²) in [4.78, 5) is 50.0. The summed E-state index contributed by atoms with van der Waals surface area (Å²) in [6, 6.07) is 18.8. The highest BCUT2D eigenvalue weighted by molar-refractivity contribution is 6.02. The number of hydrogen-bond acceptors (Lipinski definition) is 10. The van der Waals surface area contributed by atoms with Gasteiger partial charge in [0, 0.05) is 22.9 Å². The second-order valence-corrected chi connectivity index (χ2v) is 9.74. The van der Waals surface area contributed by atoms with Crippen LogP contribution in [0.25, 0.3) is 55.4 Å². The molecule has 0 aliphatic carbocycles. The third-order valence-corrected chi connectivity index (χ3v) is 7.34. The molecule has 2 aromatic heterocycles. The minimum absolute atomic E-state index is 0.236. The molecule has 10 nitrogen and oxygen atoms in total. The van der Waals surface area contributed by atoms with E-state index in [2.05, 4.69) is 0 Å². The molecule has 220 valence electrons. The van der Waals surface area contributed by atoms with Gasteiger partial charge in [0.2, 0.25) is 0 Å². The van der Waals surface area contributed by atoms with E-state index in [1.54, 1.807) is 36.4 Å². The first kappa shape index (κ1) is 28.2. The summed E-state index contributed by atoms with van der Waals surface area (Å²) in [7, 11) is 5.54. The second-order valence-electron chi connectivity index (χ2n) is 9.74. The molecule has 6 rings (SSSR count). The first-order valence-corrected chi connectivity index (χ1v) is 13.3. The standard InChI is InChI=1S/C34H24O10/c1-39-31-19-7-10-22(30-16-26(36)24-14-18(34(38)42-4)6-12-28(24)44-30)32(40-2)20(19)8-9-21(31)29-15-25(35)23-13-17(33(37)41-3)5-11-27(23)43-29/h5-16H,1-4H3. The molecular formula is C34H24O10. The molecule has 4 aromatic carbocycles. The van der Waals surface area contributed by atoms with Crippen LogP contribution in [0.4, 0.5) is 0 Å². The summed E-state index contributed by atoms with van der Waals surface area (Å²) in [6.07, 6.45) is 0. The summed E-state index contributed by atoms with van der Waals surface area (Å²) in [5, 5.41) is 1.78. The van der Waals surface area contributed by atoms with Gasteiger partial charge in [0.1, 0.15) is 34.2 Å². The first-order chi connectivity index (χ1) is 21.3. The quantitative estimate of drug-likeness (QED) is 0.213. The highest BCUT2D eigenvalue weighted by Crippen LogP contribution is 2.44. The molecule has 0 amide bonds. The van der Waals surface area contributed by atoms with Crippen LogP contribution < -0.4 is 20.3 Å². The minimum atomic E-state index is -0.560. The van der Waals surface area contributed by atoms with E-state index >= 15 is 0 Å². The molecule has 0 saturated carbocycles. The Hall–Kier alpha value is -5.90. The van der Waals surface area contributed by atoms with Crippen molar-refractivity contribution in [2.24, 2.45) is 0 Å². The Morgan fingerprint density at radius 2 is 0.932 bits per heavy atom. The lowest BCUT2D eigenvalue weighted by Gasteiger charge is -2.16. The largest absolute Gasteiger partial charge is 0.495 e. The number of fused-ring (bicyclic) bond motifs is 3. The van der Waals surface area contributed by atoms with Crippen LogP contribution in [0.5, 0.6) is 11.5 Å². The summed E-state index contributed by atoms with van der Waals surface area (Å²) < 4.78 is 33.3. The van der Waals surface area contributed by atoms with Crippen molar-refractivity contribution in [3.63, 3.8) is 0 Å². The lowest BCUT2D eigenvalue weighted by molar-refractivity contribution is 0.0592. The third-order valence-electron chi connectivity index (χ3n) is 7.34. The summed E-state index contributed by atoms with van der Waals surface area (Å²) in [6.45, 7) is 0. The van der Waals surface area contributed by atoms with Crippen LogP contribution in [-0.4, -0.2) is 40.4 Å². The molecule has 0 fully saturated rings. The monoisotopic (exact) mass is 592 g/mol. The number of carbonyl (C=O) groups is 2. The Morgan fingerprint density at radius 1 is 0.523 bits per heavy atom. The van der Waals surface area contributed by atoms with Crippen molar-refractivity contribution in [2.45, 2.75) is 0 Å². The molecule has 0 spiro atoms. The zero-order chi connectivity index (χ0) is 31.1. The number of methoxy groups -OCH3 is 4. The lowest BCUT2D eigenvalue weighted by atomic mass is 9.98. The van der Waals surface area contributed by atoms with Crippen molar-refractivity contribution in [3.8, 4) is 34.1 Å². The van der Waals surface area contributed by atoms with Crippen molar-refractivity contribution in [1.29, 1.82) is 0 Å². The normalized spacial score (nSPS) is 11.1. The van der Waals surface area contributed by atoms with Crippen LogP contribution in [0.15, 0.2) is 91.2 Å². The van der Waals surface area contributed by atoms with E-state index in [1.807, 2.05) is 0 Å². The van der Waals surface area contributed by atoms with E-state index in [0.717, 1.165) is 0 Å². The van der Waals surface area contributed by atoms with Crippen molar-refractivity contribution < 1.29 is 37.4 Å². The molecule has 0 unspecified atom stereocenters. The predicted molar refractivity (Wildman–Crippen MR) is 163 cm³/mol. The SMILES string of the molecule is COC(=O)c1ccc2oc(-c3ccc4c(OC)c(-c5cc(=O)c6cc(C(=O)OC)ccc6o5)ccc4c3OC)cc(=O)c2c1. The van der Waals surface area contributed by atoms with Gasteiger partial charge in [0.25, 0.3) is 0 Å². The fraction of sp³-hybridized carbons (Fsp3) is 0.118. The second kappa shape index (κ2) is 11.1. The summed E-state index contributed by atoms with van der Waals surface area (Å²) in [5.41, 5.74) is 1.41. The van der Waals surface area contributed by atoms with Crippen LogP contribution in [0.3, 0.4) is 0 Å². The van der Waals surface area contributed by atoms with Gasteiger partial charge in [-0.3, -0.25) is 9.59 Å². The van der Waals surface area contributed by atoms with Crippen molar-refractivity contribution in [1.82, 2.24) is 0 Å². The summed E-state index contributed by atoms with van der Waals surface area (Å²) in [5.74, 6) is 0.266. The Labute approximate surface area is 248 Å². The number of esters is 2. The molecule has 0 aliphatic heterocycles. The van der Waals surface area contributed by atoms with E-state index in [0.29, 0.717) is 44.6 Å². The zero-order valence-electron chi connectivity index (χ0n) is 24.0. The lowest BCUT2D eigenvalue weighted by Crippen LogP contribution is -2.05. The topological polar surface area (TPSA) is 131 Å². The van der Waals surface area contributed by atoms with Crippen molar-refractivity contribution >= 4 is 44.6 Å². The minimum Gasteiger partial charge on any atom is -0.495 e. The highest BCUT2D eigenvalue weighted by Gasteiger charge is 2.21. The van der Waals surface area contributed by atoms with Crippen LogP contribution >= 0.6 is 0 Å². The maximum Gasteiger partial charge on any atom is 0.337 e. The van der Waals surface area contributed by atoms with Crippen LogP contribution in [0.2, 0.25) is 0 Å². The van der Waals surface area contributed by atoms with Crippen LogP contribution in [0, 0.1) is 0 Å². The maximum atomic E-state index is 13.1. The Kier molecular flexibility index (Phi) is 7.10. The number of ether oxygens (including phenoxy) is 4. The van der Waals surface area contributed by atoms with Gasteiger partial charge in [-0.25, -0.2) is 9.59 Å². The van der Waals surface area contributed by atoms with E-state index in [9.17, 15) is 19.2 Å². The van der Waals surface area contributed by atoms with Gasteiger partial charge in [-0.1, -0.05) is 0 Å². The zero-order valence-corrected chi connectivity index (χ0v) is 24.0. The number of rotatable bonds is 6. The van der Waals surface area contributed by atoms with E-state index < -0.39 is 11.9 Å². The van der Waals surface area contributed by atoms with Gasteiger partial charge in [0.15, 0.2) is 10.9 Å². The van der Waals surface area contributed by atoms with E-state index in [-0.39, 0.29) is 44.3 Å². The molecule has 0 atom stereocenters. The average Bonchev–Trinajstić information content (AvgIpc) is 3.05. The van der Waals surface area contributed by atoms with Gasteiger partial charge in [-0.05, 0) is 60.7 Å². The third kappa shape index (κ3) is 4.62. The Morgan fingerprint density at radius 3 is 1.30 bits per heavy atom. The molecule has 6 aromatic rings. The van der Waals surface area contributed by atoms with Crippen molar-refractivity contribution in [2.75, 3.05) is 28.4 Å². The highest BCUT2D eigenvalue weighted by atomic mass is 16.5. The van der Waals surface area contributed by atoms with Gasteiger partial charge < -0.3 is 27.8 Å². The molecule has 0 radical (unpaired) electrons. The summed E-state index contributed by atoms with van der Waals surface area (Å²) >= 11 is 0.